The first-order valence-corrected chi connectivity index (χ1v) is 8.97. The number of aryl methyl sites for hydroxylation is 2. The van der Waals surface area contributed by atoms with Crippen LogP contribution in [0.3, 0.4) is 0 Å². The van der Waals surface area contributed by atoms with Crippen LogP contribution in [0, 0.1) is 13.8 Å². The summed E-state index contributed by atoms with van der Waals surface area (Å²) in [5.74, 6) is -0.242. The molecular weight excluding hydrogens is 340 g/mol. The van der Waals surface area contributed by atoms with Gasteiger partial charge in [-0.15, -0.1) is 0 Å². The molecule has 0 aliphatic carbocycles. The van der Waals surface area contributed by atoms with E-state index in [1.807, 2.05) is 44.2 Å². The fraction of sp³-hybridized carbons (Fsp3) is 0.318. The number of benzene rings is 2. The highest BCUT2D eigenvalue weighted by Gasteiger charge is 2.14. The number of carbonyl (C=O) groups excluding carboxylic acids is 3. The Labute approximate surface area is 160 Å². The van der Waals surface area contributed by atoms with Crippen LogP contribution in [0.5, 0.6) is 0 Å². The van der Waals surface area contributed by atoms with Crippen LogP contribution in [-0.2, 0) is 11.3 Å². The predicted molar refractivity (Wildman–Crippen MR) is 106 cm³/mol. The van der Waals surface area contributed by atoms with Crippen molar-refractivity contribution in [3.8, 4) is 0 Å². The first-order chi connectivity index (χ1) is 12.8. The summed E-state index contributed by atoms with van der Waals surface area (Å²) in [6.45, 7) is 4.41. The Morgan fingerprint density at radius 3 is 2.11 bits per heavy atom. The van der Waals surface area contributed by atoms with Gasteiger partial charge >= 0.3 is 0 Å². The number of hydrogen-bond acceptors (Lipinski definition) is 3. The maximum atomic E-state index is 12.3. The van der Waals surface area contributed by atoms with E-state index in [1.165, 1.54) is 0 Å². The summed E-state index contributed by atoms with van der Waals surface area (Å²) in [5, 5.41) is 2.57. The number of Topliss-reactive ketones (excluding diaryl/α,β-unsaturated/α-hetero) is 1. The summed E-state index contributed by atoms with van der Waals surface area (Å²) in [5.41, 5.74) is 4.38. The van der Waals surface area contributed by atoms with Crippen molar-refractivity contribution in [2.75, 3.05) is 14.1 Å². The molecule has 0 heterocycles. The molecule has 0 spiro atoms. The van der Waals surface area contributed by atoms with Crippen molar-refractivity contribution < 1.29 is 14.4 Å². The smallest absolute Gasteiger partial charge is 0.251 e. The highest BCUT2D eigenvalue weighted by molar-refractivity contribution is 5.98. The second kappa shape index (κ2) is 9.12. The van der Waals surface area contributed by atoms with Crippen LogP contribution in [0.15, 0.2) is 42.5 Å². The Hall–Kier alpha value is -2.95. The van der Waals surface area contributed by atoms with Gasteiger partial charge in [0.1, 0.15) is 0 Å². The molecule has 0 unspecified atom stereocenters. The summed E-state index contributed by atoms with van der Waals surface area (Å²) in [4.78, 5) is 37.8. The molecule has 2 aromatic carbocycles. The van der Waals surface area contributed by atoms with Gasteiger partial charge in [-0.25, -0.2) is 0 Å². The average molecular weight is 366 g/mol. The van der Waals surface area contributed by atoms with Crippen molar-refractivity contribution in [2.45, 2.75) is 33.2 Å². The van der Waals surface area contributed by atoms with Gasteiger partial charge in [0.25, 0.3) is 5.91 Å². The van der Waals surface area contributed by atoms with Crippen molar-refractivity contribution in [1.29, 1.82) is 0 Å². The quantitative estimate of drug-likeness (QED) is 0.765. The molecule has 2 amide bonds. The van der Waals surface area contributed by atoms with E-state index < -0.39 is 0 Å². The molecule has 2 rings (SSSR count). The predicted octanol–water partition coefficient (Wildman–Crippen LogP) is 3.28. The zero-order chi connectivity index (χ0) is 20.0. The maximum absolute atomic E-state index is 12.3. The van der Waals surface area contributed by atoms with Gasteiger partial charge in [0.15, 0.2) is 5.78 Å². The summed E-state index contributed by atoms with van der Waals surface area (Å²) in [6, 6.07) is 12.7. The van der Waals surface area contributed by atoms with Crippen LogP contribution in [0.2, 0.25) is 0 Å². The number of nitrogens with one attached hydrogen (secondary N) is 1. The molecule has 0 bridgehead atoms. The number of hydrogen-bond donors (Lipinski definition) is 1. The average Bonchev–Trinajstić information content (AvgIpc) is 2.67. The Kier molecular flexibility index (Phi) is 6.88. The van der Waals surface area contributed by atoms with Gasteiger partial charge in [0.2, 0.25) is 5.91 Å². The van der Waals surface area contributed by atoms with Crippen molar-refractivity contribution in [1.82, 2.24) is 10.2 Å². The van der Waals surface area contributed by atoms with Gasteiger partial charge in [-0.2, -0.15) is 0 Å². The number of nitrogens with zero attached hydrogens (tertiary/aromatic N) is 1. The molecule has 0 aliphatic heterocycles. The van der Waals surface area contributed by atoms with Crippen LogP contribution in [0.1, 0.15) is 50.2 Å². The van der Waals surface area contributed by atoms with Crippen molar-refractivity contribution in [3.05, 3.63) is 70.3 Å². The lowest BCUT2D eigenvalue weighted by molar-refractivity contribution is -0.130. The number of rotatable bonds is 7. The normalized spacial score (nSPS) is 10.4. The zero-order valence-electron chi connectivity index (χ0n) is 16.3. The first-order valence-electron chi connectivity index (χ1n) is 8.97. The molecular formula is C22H26N2O3. The molecule has 0 fully saturated rings. The third kappa shape index (κ3) is 5.51. The van der Waals surface area contributed by atoms with Crippen LogP contribution in [-0.4, -0.2) is 36.6 Å². The summed E-state index contributed by atoms with van der Waals surface area (Å²) < 4.78 is 0. The van der Waals surface area contributed by atoms with Crippen LogP contribution in [0.25, 0.3) is 0 Å². The lowest BCUT2D eigenvalue weighted by Crippen LogP contribution is -2.26. The number of carbonyl (C=O) groups is 3. The number of amides is 2. The second-order valence-electron chi connectivity index (χ2n) is 6.75. The summed E-state index contributed by atoms with van der Waals surface area (Å²) in [7, 11) is 3.30. The van der Waals surface area contributed by atoms with Gasteiger partial charge in [0, 0.05) is 44.6 Å². The van der Waals surface area contributed by atoms with Crippen molar-refractivity contribution >= 4 is 17.6 Å². The lowest BCUT2D eigenvalue weighted by Gasteiger charge is -2.17. The minimum atomic E-state index is -0.143. The Balaban J connectivity index is 1.88. The fourth-order valence-corrected chi connectivity index (χ4v) is 2.74. The fourth-order valence-electron chi connectivity index (χ4n) is 2.74. The molecule has 5 heteroatoms. The second-order valence-corrected chi connectivity index (χ2v) is 6.75. The summed E-state index contributed by atoms with van der Waals surface area (Å²) in [6.07, 6.45) is 0.375. The van der Waals surface area contributed by atoms with Crippen molar-refractivity contribution in [2.24, 2.45) is 0 Å². The standard InChI is InChI=1S/C22H26N2O3/c1-15-5-8-19(13-16(15)2)20(25)11-12-21(26)24(4)14-17-6-9-18(10-7-17)22(27)23-3/h5-10,13H,11-12,14H2,1-4H3,(H,23,27). The molecule has 27 heavy (non-hydrogen) atoms. The Morgan fingerprint density at radius 2 is 1.52 bits per heavy atom. The minimum absolute atomic E-state index is 0.0187. The van der Waals surface area contributed by atoms with Crippen LogP contribution >= 0.6 is 0 Å². The van der Waals surface area contributed by atoms with Gasteiger partial charge in [-0.05, 0) is 48.7 Å². The van der Waals surface area contributed by atoms with E-state index in [0.717, 1.165) is 16.7 Å². The van der Waals surface area contributed by atoms with E-state index in [2.05, 4.69) is 5.32 Å². The molecule has 0 aromatic heterocycles. The van der Waals surface area contributed by atoms with Crippen LogP contribution < -0.4 is 5.32 Å². The minimum Gasteiger partial charge on any atom is -0.355 e. The summed E-state index contributed by atoms with van der Waals surface area (Å²) >= 11 is 0. The Morgan fingerprint density at radius 1 is 0.889 bits per heavy atom. The molecule has 2 aromatic rings. The van der Waals surface area contributed by atoms with Gasteiger partial charge in [-0.1, -0.05) is 24.3 Å². The van der Waals surface area contributed by atoms with Gasteiger partial charge in [-0.3, -0.25) is 14.4 Å². The molecule has 0 radical (unpaired) electrons. The van der Waals surface area contributed by atoms with Crippen molar-refractivity contribution in [3.63, 3.8) is 0 Å². The molecule has 0 aliphatic rings. The third-order valence-electron chi connectivity index (χ3n) is 4.68. The van der Waals surface area contributed by atoms with E-state index in [4.69, 9.17) is 0 Å². The van der Waals surface area contributed by atoms with Gasteiger partial charge < -0.3 is 10.2 Å². The van der Waals surface area contributed by atoms with E-state index in [0.29, 0.717) is 17.7 Å². The molecule has 0 saturated carbocycles. The molecule has 1 N–H and O–H groups in total. The highest BCUT2D eigenvalue weighted by atomic mass is 16.2. The monoisotopic (exact) mass is 366 g/mol. The SMILES string of the molecule is CNC(=O)c1ccc(CN(C)C(=O)CCC(=O)c2ccc(C)c(C)c2)cc1. The van der Waals surface area contributed by atoms with E-state index in [-0.39, 0.29) is 30.4 Å². The maximum Gasteiger partial charge on any atom is 0.251 e. The molecule has 0 atom stereocenters. The van der Waals surface area contributed by atoms with Crippen LogP contribution in [0.4, 0.5) is 0 Å². The lowest BCUT2D eigenvalue weighted by atomic mass is 10.0. The molecule has 5 nitrogen and oxygen atoms in total. The van der Waals surface area contributed by atoms with E-state index in [1.54, 1.807) is 31.1 Å². The largest absolute Gasteiger partial charge is 0.355 e. The molecule has 142 valence electrons. The topological polar surface area (TPSA) is 66.5 Å². The highest BCUT2D eigenvalue weighted by Crippen LogP contribution is 2.13. The van der Waals surface area contributed by atoms with Gasteiger partial charge in [0.05, 0.1) is 0 Å². The van der Waals surface area contributed by atoms with E-state index >= 15 is 0 Å². The third-order valence-corrected chi connectivity index (χ3v) is 4.68. The molecule has 0 saturated heterocycles. The number of ketones is 1. The Bertz CT molecular complexity index is 841. The first kappa shape index (κ1) is 20.4. The van der Waals surface area contributed by atoms with E-state index in [9.17, 15) is 14.4 Å². The zero-order valence-corrected chi connectivity index (χ0v) is 16.3.